The molecule has 0 aliphatic heterocycles. The van der Waals surface area contributed by atoms with Crippen LogP contribution < -0.4 is 5.73 Å². The smallest absolute Gasteiger partial charge is 0.261 e. The molecule has 3 heterocycles. The number of aromatic nitrogens is 6. The van der Waals surface area contributed by atoms with Gasteiger partial charge in [-0.1, -0.05) is 29.4 Å². The Morgan fingerprint density at radius 3 is 2.45 bits per heavy atom. The van der Waals surface area contributed by atoms with E-state index in [1.165, 1.54) is 5.56 Å². The highest BCUT2D eigenvalue weighted by atomic mass is 16.5. The van der Waals surface area contributed by atoms with Gasteiger partial charge in [0.2, 0.25) is 5.95 Å². The monoisotopic (exact) mass is 444 g/mol. The molecule has 1 aromatic carbocycles. The maximum absolute atomic E-state index is 5.69. The molecule has 170 valence electrons. The van der Waals surface area contributed by atoms with Gasteiger partial charge in [-0.15, -0.1) is 0 Å². The lowest BCUT2D eigenvalue weighted by molar-refractivity contribution is 0.373. The molecule has 9 heteroatoms. The van der Waals surface area contributed by atoms with Crippen LogP contribution in [-0.4, -0.2) is 55.4 Å². The maximum Gasteiger partial charge on any atom is 0.261 e. The normalized spacial score (nSPS) is 15.6. The van der Waals surface area contributed by atoms with Gasteiger partial charge in [-0.05, 0) is 50.9 Å². The van der Waals surface area contributed by atoms with E-state index < -0.39 is 0 Å². The van der Waals surface area contributed by atoms with Gasteiger partial charge in [-0.3, -0.25) is 4.68 Å². The molecule has 1 atom stereocenters. The van der Waals surface area contributed by atoms with Crippen molar-refractivity contribution < 1.29 is 4.52 Å². The molecule has 0 radical (unpaired) electrons. The third kappa shape index (κ3) is 4.23. The largest absolute Gasteiger partial charge is 0.368 e. The predicted molar refractivity (Wildman–Crippen MR) is 125 cm³/mol. The Morgan fingerprint density at radius 1 is 1.06 bits per heavy atom. The Balaban J connectivity index is 1.41. The first kappa shape index (κ1) is 21.3. The average molecular weight is 445 g/mol. The van der Waals surface area contributed by atoms with Gasteiger partial charge in [0.25, 0.3) is 5.89 Å². The van der Waals surface area contributed by atoms with Gasteiger partial charge < -0.3 is 15.2 Å². The number of nitrogen functional groups attached to an aromatic ring is 1. The minimum Gasteiger partial charge on any atom is -0.368 e. The van der Waals surface area contributed by atoms with Crippen molar-refractivity contribution in [3.8, 4) is 22.6 Å². The lowest BCUT2D eigenvalue weighted by atomic mass is 9.77. The molecule has 2 N–H and O–H groups in total. The van der Waals surface area contributed by atoms with Gasteiger partial charge in [-0.25, -0.2) is 9.97 Å². The summed E-state index contributed by atoms with van der Waals surface area (Å²) in [6.45, 7) is 3.93. The molecule has 1 fully saturated rings. The van der Waals surface area contributed by atoms with Gasteiger partial charge in [0.1, 0.15) is 0 Å². The third-order valence-electron chi connectivity index (χ3n) is 6.43. The number of anilines is 1. The first-order valence-corrected chi connectivity index (χ1v) is 11.1. The van der Waals surface area contributed by atoms with Crippen molar-refractivity contribution in [3.63, 3.8) is 0 Å². The fourth-order valence-electron chi connectivity index (χ4n) is 4.15. The fraction of sp³-hybridized carbons (Fsp3) is 0.375. The SMILES string of the molecule is CN(C)CCn1cc(-c2nc([C@](C)(c3ccc(-c4cnc(N)nc4)cc3)C3CC3)no2)cn1. The van der Waals surface area contributed by atoms with Crippen LogP contribution in [0.3, 0.4) is 0 Å². The number of likely N-dealkylation sites (N-methyl/N-ethyl adjacent to an activating group) is 1. The van der Waals surface area contributed by atoms with Gasteiger partial charge in [-0.2, -0.15) is 10.1 Å². The molecule has 4 aromatic rings. The average Bonchev–Trinajstić information content (AvgIpc) is 3.37. The van der Waals surface area contributed by atoms with Crippen LogP contribution in [0.5, 0.6) is 0 Å². The molecule has 5 rings (SSSR count). The second-order valence-corrected chi connectivity index (χ2v) is 9.10. The molecule has 0 unspecified atom stereocenters. The van der Waals surface area contributed by atoms with Crippen molar-refractivity contribution >= 4 is 5.95 Å². The third-order valence-corrected chi connectivity index (χ3v) is 6.43. The van der Waals surface area contributed by atoms with E-state index in [9.17, 15) is 0 Å². The number of hydrogen-bond acceptors (Lipinski definition) is 8. The predicted octanol–water partition coefficient (Wildman–Crippen LogP) is 3.25. The van der Waals surface area contributed by atoms with Crippen molar-refractivity contribution in [2.75, 3.05) is 26.4 Å². The topological polar surface area (TPSA) is 112 Å². The van der Waals surface area contributed by atoms with E-state index >= 15 is 0 Å². The number of nitrogens with zero attached hydrogens (tertiary/aromatic N) is 7. The lowest BCUT2D eigenvalue weighted by Crippen LogP contribution is -2.28. The standard InChI is InChI=1S/C24H28N8O/c1-24(20-8-9-20,19-6-4-16(5-7-19)17-12-26-23(25)27-13-17)22-29-21(33-30-22)18-14-28-32(15-18)11-10-31(2)3/h4-7,12-15,20H,8-11H2,1-3H3,(H2,25,26,27)/t24-/m1/s1. The van der Waals surface area contributed by atoms with E-state index in [0.717, 1.165) is 42.6 Å². The summed E-state index contributed by atoms with van der Waals surface area (Å²) < 4.78 is 7.59. The molecule has 0 saturated heterocycles. The number of hydrogen-bond donors (Lipinski definition) is 1. The molecular formula is C24H28N8O. The lowest BCUT2D eigenvalue weighted by Gasteiger charge is -2.27. The molecule has 33 heavy (non-hydrogen) atoms. The van der Waals surface area contributed by atoms with Crippen LogP contribution in [-0.2, 0) is 12.0 Å². The van der Waals surface area contributed by atoms with Gasteiger partial charge in [0, 0.05) is 30.7 Å². The first-order valence-electron chi connectivity index (χ1n) is 11.1. The summed E-state index contributed by atoms with van der Waals surface area (Å²) in [6.07, 6.45) is 9.51. The summed E-state index contributed by atoms with van der Waals surface area (Å²) in [5.74, 6) is 1.97. The van der Waals surface area contributed by atoms with Crippen molar-refractivity contribution in [3.05, 3.63) is 60.4 Å². The van der Waals surface area contributed by atoms with E-state index in [-0.39, 0.29) is 11.4 Å². The molecule has 1 saturated carbocycles. The molecule has 1 aliphatic rings. The molecule has 0 spiro atoms. The zero-order valence-corrected chi connectivity index (χ0v) is 19.1. The molecule has 1 aliphatic carbocycles. The Labute approximate surface area is 192 Å². The van der Waals surface area contributed by atoms with Crippen molar-refractivity contribution in [1.82, 2.24) is 34.8 Å². The van der Waals surface area contributed by atoms with E-state index in [0.29, 0.717) is 17.6 Å². The number of benzene rings is 1. The van der Waals surface area contributed by atoms with Crippen LogP contribution in [0.4, 0.5) is 5.95 Å². The molecule has 0 amide bonds. The van der Waals surface area contributed by atoms with Gasteiger partial charge in [0.05, 0.1) is 23.7 Å². The summed E-state index contributed by atoms with van der Waals surface area (Å²) in [5, 5.41) is 8.84. The maximum atomic E-state index is 5.69. The van der Waals surface area contributed by atoms with Crippen molar-refractivity contribution in [1.29, 1.82) is 0 Å². The highest BCUT2D eigenvalue weighted by molar-refractivity contribution is 5.63. The number of rotatable bonds is 8. The van der Waals surface area contributed by atoms with Crippen LogP contribution in [0.15, 0.2) is 53.6 Å². The zero-order valence-electron chi connectivity index (χ0n) is 19.1. The van der Waals surface area contributed by atoms with E-state index in [2.05, 4.69) is 56.3 Å². The minimum atomic E-state index is -0.321. The van der Waals surface area contributed by atoms with Crippen LogP contribution >= 0.6 is 0 Å². The van der Waals surface area contributed by atoms with E-state index in [1.54, 1.807) is 18.6 Å². The zero-order chi connectivity index (χ0) is 23.0. The first-order chi connectivity index (χ1) is 15.9. The van der Waals surface area contributed by atoms with E-state index in [1.807, 2.05) is 25.0 Å². The summed E-state index contributed by atoms with van der Waals surface area (Å²) in [4.78, 5) is 15.1. The second kappa shape index (κ2) is 8.40. The second-order valence-electron chi connectivity index (χ2n) is 9.10. The Morgan fingerprint density at radius 2 is 1.79 bits per heavy atom. The fourth-order valence-corrected chi connectivity index (χ4v) is 4.15. The molecule has 0 bridgehead atoms. The summed E-state index contributed by atoms with van der Waals surface area (Å²) in [6, 6.07) is 8.44. The Bertz CT molecular complexity index is 1220. The quantitative estimate of drug-likeness (QED) is 0.441. The molecule has 9 nitrogen and oxygen atoms in total. The number of nitrogens with two attached hydrogens (primary N) is 1. The Hall–Kier alpha value is -3.59. The van der Waals surface area contributed by atoms with Gasteiger partial charge in [0.15, 0.2) is 5.82 Å². The Kier molecular flexibility index (Phi) is 5.41. The van der Waals surface area contributed by atoms with Crippen LogP contribution in [0.2, 0.25) is 0 Å². The van der Waals surface area contributed by atoms with Crippen LogP contribution in [0.1, 0.15) is 31.2 Å². The van der Waals surface area contributed by atoms with Crippen LogP contribution in [0, 0.1) is 5.92 Å². The van der Waals surface area contributed by atoms with Crippen molar-refractivity contribution in [2.24, 2.45) is 5.92 Å². The highest BCUT2D eigenvalue weighted by Gasteiger charge is 2.47. The summed E-state index contributed by atoms with van der Waals surface area (Å²) in [5.41, 5.74) is 9.26. The molecular weight excluding hydrogens is 416 g/mol. The minimum absolute atomic E-state index is 0.271. The van der Waals surface area contributed by atoms with E-state index in [4.69, 9.17) is 15.2 Å². The highest BCUT2D eigenvalue weighted by Crippen LogP contribution is 2.50. The van der Waals surface area contributed by atoms with Crippen molar-refractivity contribution in [2.45, 2.75) is 31.7 Å². The summed E-state index contributed by atoms with van der Waals surface area (Å²) >= 11 is 0. The van der Waals surface area contributed by atoms with Crippen LogP contribution in [0.25, 0.3) is 22.6 Å². The van der Waals surface area contributed by atoms with Gasteiger partial charge >= 0.3 is 0 Å². The molecule has 3 aromatic heterocycles. The summed E-state index contributed by atoms with van der Waals surface area (Å²) in [7, 11) is 4.09.